The maximum Gasteiger partial charge on any atom is 0.252 e. The molecule has 0 N–H and O–H groups in total. The van der Waals surface area contributed by atoms with Gasteiger partial charge < -0.3 is 14.4 Å². The predicted molar refractivity (Wildman–Crippen MR) is 536 cm³/mol. The Balaban J connectivity index is 0.982. The number of para-hydroxylation sites is 1. The van der Waals surface area contributed by atoms with Gasteiger partial charge in [0, 0.05) is 61.5 Å². The van der Waals surface area contributed by atoms with Gasteiger partial charge in [-0.1, -0.05) is 407 Å². The van der Waals surface area contributed by atoms with E-state index in [0.717, 1.165) is 101 Å². The van der Waals surface area contributed by atoms with Gasteiger partial charge in [-0.25, -0.2) is 0 Å². The van der Waals surface area contributed by atoms with Crippen LogP contribution in [0.15, 0.2) is 370 Å². The summed E-state index contributed by atoms with van der Waals surface area (Å²) in [6.07, 6.45) is 0. The fourth-order valence-electron chi connectivity index (χ4n) is 20.9. The molecule has 0 spiro atoms. The van der Waals surface area contributed by atoms with Crippen LogP contribution in [0.5, 0.6) is 0 Å². The topological polar surface area (TPSA) is 11.4 Å². The number of rotatable bonds is 11. The molecule has 125 heavy (non-hydrogen) atoms. The molecular weight excluding hydrogens is 1510 g/mol. The Morgan fingerprint density at radius 1 is 0.240 bits per heavy atom. The third kappa shape index (κ3) is 13.0. The molecule has 17 aromatic carbocycles. The number of anilines is 6. The number of hydrogen-bond acceptors (Lipinski definition) is 2. The van der Waals surface area contributed by atoms with Crippen molar-refractivity contribution in [3.05, 3.63) is 420 Å². The zero-order valence-corrected chi connectivity index (χ0v) is 74.6. The SMILES string of the molecule is CC(C)(C)c1cc(-c2ccc3c(c2)N(c2c(-c4ccccc4)cc(C(C)(C)C)cc2-c2ccccc2)c2cc(-c4cccc5c4C(c4ccccc4)(c4cccc6ccccc46)c4ccccc4-5)cc4c2B3c2ccc(-n3c5ccc(C(C)(C)C)cc5c5cc(C(C)(C)C)ccc53)cc2N4c2c(-c3ccccc3)cccc2-c2ccccc2)cc(C(C)(C)C)c1. The van der Waals surface area contributed by atoms with Crippen LogP contribution < -0.4 is 26.2 Å². The van der Waals surface area contributed by atoms with Crippen LogP contribution in [-0.2, 0) is 32.5 Å². The summed E-state index contributed by atoms with van der Waals surface area (Å²) in [5.74, 6) is 0. The Labute approximate surface area is 739 Å². The van der Waals surface area contributed by atoms with Gasteiger partial charge in [0.15, 0.2) is 0 Å². The second kappa shape index (κ2) is 29.3. The maximum absolute atomic E-state index is 2.79. The largest absolute Gasteiger partial charge is 0.310 e. The minimum Gasteiger partial charge on any atom is -0.310 e. The Morgan fingerprint density at radius 3 is 1.17 bits per heavy atom. The van der Waals surface area contributed by atoms with E-state index in [0.29, 0.717) is 0 Å². The highest BCUT2D eigenvalue weighted by molar-refractivity contribution is 7.00. The minimum absolute atomic E-state index is 0.0897. The summed E-state index contributed by atoms with van der Waals surface area (Å²) in [5.41, 5.74) is 39.8. The van der Waals surface area contributed by atoms with Gasteiger partial charge in [0.25, 0.3) is 6.71 Å². The Kier molecular flexibility index (Phi) is 18.5. The summed E-state index contributed by atoms with van der Waals surface area (Å²) in [6.45, 7) is 35.1. The molecule has 0 bridgehead atoms. The molecule has 1 aromatic heterocycles. The quantitative estimate of drug-likeness (QED) is 0.120. The molecule has 0 amide bonds. The van der Waals surface area contributed by atoms with Crippen LogP contribution in [0.3, 0.4) is 0 Å². The van der Waals surface area contributed by atoms with E-state index in [2.05, 4.69) is 488 Å². The van der Waals surface area contributed by atoms with Crippen molar-refractivity contribution in [2.75, 3.05) is 9.80 Å². The van der Waals surface area contributed by atoms with Crippen molar-refractivity contribution in [2.24, 2.45) is 0 Å². The maximum atomic E-state index is 2.79. The predicted octanol–water partition coefficient (Wildman–Crippen LogP) is 30.9. The molecule has 1 unspecified atom stereocenters. The molecule has 0 fully saturated rings. The molecule has 0 saturated heterocycles. The summed E-state index contributed by atoms with van der Waals surface area (Å²) in [5, 5.41) is 4.92. The lowest BCUT2D eigenvalue weighted by Gasteiger charge is -2.46. The molecule has 4 heteroatoms. The van der Waals surface area contributed by atoms with Crippen molar-refractivity contribution >= 4 is 89.8 Å². The second-order valence-corrected chi connectivity index (χ2v) is 40.4. The number of nitrogens with zero attached hydrogens (tertiary/aromatic N) is 3. The smallest absolute Gasteiger partial charge is 0.252 e. The van der Waals surface area contributed by atoms with Gasteiger partial charge in [-0.15, -0.1) is 0 Å². The summed E-state index contributed by atoms with van der Waals surface area (Å²) in [4.78, 5) is 5.55. The fourth-order valence-corrected chi connectivity index (χ4v) is 20.9. The van der Waals surface area contributed by atoms with E-state index in [9.17, 15) is 0 Å². The molecule has 1 aliphatic carbocycles. The van der Waals surface area contributed by atoms with Gasteiger partial charge in [0.2, 0.25) is 0 Å². The van der Waals surface area contributed by atoms with Crippen molar-refractivity contribution in [3.8, 4) is 83.6 Å². The average molecular weight is 1610 g/mol. The van der Waals surface area contributed by atoms with Crippen molar-refractivity contribution in [3.63, 3.8) is 0 Å². The molecule has 0 radical (unpaired) electrons. The van der Waals surface area contributed by atoms with E-state index in [1.54, 1.807) is 0 Å². The molecule has 3 aliphatic rings. The molecule has 18 aromatic rings. The Bertz CT molecular complexity index is 7110. The lowest BCUT2D eigenvalue weighted by atomic mass is 9.33. The number of aromatic nitrogens is 1. The van der Waals surface area contributed by atoms with Crippen LogP contribution in [0, 0.1) is 0 Å². The summed E-state index contributed by atoms with van der Waals surface area (Å²) in [7, 11) is 0. The van der Waals surface area contributed by atoms with Gasteiger partial charge >= 0.3 is 0 Å². The molecule has 0 saturated carbocycles. The molecular formula is C121H106BN3. The lowest BCUT2D eigenvalue weighted by Crippen LogP contribution is -2.61. The van der Waals surface area contributed by atoms with Gasteiger partial charge in [-0.3, -0.25) is 0 Å². The van der Waals surface area contributed by atoms with Crippen LogP contribution in [0.1, 0.15) is 154 Å². The van der Waals surface area contributed by atoms with Crippen molar-refractivity contribution in [2.45, 2.75) is 136 Å². The molecule has 608 valence electrons. The summed E-state index contributed by atoms with van der Waals surface area (Å²) in [6, 6.07) is 144. The van der Waals surface area contributed by atoms with E-state index in [4.69, 9.17) is 0 Å². The van der Waals surface area contributed by atoms with Gasteiger partial charge in [0.1, 0.15) is 0 Å². The third-order valence-corrected chi connectivity index (χ3v) is 27.4. The van der Waals surface area contributed by atoms with Crippen LogP contribution in [0.25, 0.3) is 116 Å². The second-order valence-electron chi connectivity index (χ2n) is 40.4. The van der Waals surface area contributed by atoms with Crippen molar-refractivity contribution in [1.82, 2.24) is 4.57 Å². The first-order chi connectivity index (χ1) is 60.2. The molecule has 3 nitrogen and oxygen atoms in total. The van der Waals surface area contributed by atoms with E-state index in [1.165, 1.54) is 116 Å². The zero-order valence-electron chi connectivity index (χ0n) is 74.6. The van der Waals surface area contributed by atoms with Crippen molar-refractivity contribution < 1.29 is 0 Å². The van der Waals surface area contributed by atoms with Gasteiger partial charge in [-0.05, 0) is 227 Å². The first-order valence-corrected chi connectivity index (χ1v) is 44.8. The minimum atomic E-state index is -0.829. The van der Waals surface area contributed by atoms with E-state index in [1.807, 2.05) is 0 Å². The highest BCUT2D eigenvalue weighted by Gasteiger charge is 2.51. The van der Waals surface area contributed by atoms with Gasteiger partial charge in [-0.2, -0.15) is 0 Å². The van der Waals surface area contributed by atoms with Crippen LogP contribution in [-0.4, -0.2) is 11.3 Å². The molecule has 3 heterocycles. The van der Waals surface area contributed by atoms with Crippen LogP contribution >= 0.6 is 0 Å². The van der Waals surface area contributed by atoms with E-state index in [-0.39, 0.29) is 33.8 Å². The number of hydrogen-bond donors (Lipinski definition) is 0. The van der Waals surface area contributed by atoms with E-state index < -0.39 is 5.41 Å². The van der Waals surface area contributed by atoms with Crippen LogP contribution in [0.4, 0.5) is 34.1 Å². The average Bonchev–Trinajstić information content (AvgIpc) is 1.66. The number of fused-ring (bicyclic) bond motifs is 11. The summed E-state index contributed by atoms with van der Waals surface area (Å²) < 4.78 is 2.58. The lowest BCUT2D eigenvalue weighted by molar-refractivity contribution is 0.569. The molecule has 2 aliphatic heterocycles. The third-order valence-electron chi connectivity index (χ3n) is 27.4. The first-order valence-electron chi connectivity index (χ1n) is 44.8. The molecule has 1 atom stereocenters. The normalized spacial score (nSPS) is 14.3. The zero-order chi connectivity index (χ0) is 86.0. The highest BCUT2D eigenvalue weighted by Crippen LogP contribution is 2.62. The monoisotopic (exact) mass is 1610 g/mol. The molecule has 21 rings (SSSR count). The fraction of sp³-hybridized carbons (Fsp3) is 0.174. The van der Waals surface area contributed by atoms with Crippen molar-refractivity contribution in [1.29, 1.82) is 0 Å². The summed E-state index contributed by atoms with van der Waals surface area (Å²) >= 11 is 0. The Morgan fingerprint density at radius 2 is 0.640 bits per heavy atom. The first kappa shape index (κ1) is 78.7. The van der Waals surface area contributed by atoms with E-state index >= 15 is 0 Å². The standard InChI is InChI=1S/C121H106BN3/c1-116(2,3)86-59-64-106-100(72-86)101-73-87(117(4,5)6)60-65-107(101)123(106)91-61-63-105-109(76-91)125(114-94(78-38-21-16-22-39-78)53-37-54-95(114)79-40-23-17-24-41-79)111-70-84(93-52-36-55-97-96-51-33-34-56-103(96)121(112(93)97,85-48-29-20-30-49-85)102-57-35-47-77-46-31-32-50-92(77)102)69-110-113(111)122(105)104-62-58-82(83-66-88(118(7,8)9)71-89(67-83)119(10,11)12)68-108(104)124(110)115-98(80-42-25-18-26-43-80)74-90(120(13,14)15)75-99(115)81-44-27-19-28-45-81/h16-76H,1-15H3. The highest BCUT2D eigenvalue weighted by atomic mass is 15.2. The van der Waals surface area contributed by atoms with Gasteiger partial charge in [0.05, 0.1) is 27.8 Å². The van der Waals surface area contributed by atoms with Crippen LogP contribution in [0.2, 0.25) is 0 Å². The Hall–Kier alpha value is -13.5. The number of benzene rings is 17.